The zero-order chi connectivity index (χ0) is 19.3. The maximum absolute atomic E-state index is 12.9. The molecule has 2 aromatic carbocycles. The summed E-state index contributed by atoms with van der Waals surface area (Å²) >= 11 is 0. The third-order valence-corrected chi connectivity index (χ3v) is 4.58. The van der Waals surface area contributed by atoms with Gasteiger partial charge < -0.3 is 18.9 Å². The number of ether oxygens (including phenoxy) is 4. The van der Waals surface area contributed by atoms with Crippen molar-refractivity contribution in [2.75, 3.05) is 21.3 Å². The van der Waals surface area contributed by atoms with Crippen molar-refractivity contribution >= 4 is 38.3 Å². The zero-order valence-electron chi connectivity index (χ0n) is 16.0. The monoisotopic (exact) mass is 384 g/mol. The van der Waals surface area contributed by atoms with E-state index in [1.165, 1.54) is 14.2 Å². The molecule has 27 heavy (non-hydrogen) atoms. The van der Waals surface area contributed by atoms with E-state index in [4.69, 9.17) is 18.9 Å². The van der Waals surface area contributed by atoms with Crippen LogP contribution in [0.25, 0.3) is 0 Å². The fourth-order valence-corrected chi connectivity index (χ4v) is 3.35. The molecule has 0 radical (unpaired) electrons. The van der Waals surface area contributed by atoms with E-state index in [-0.39, 0.29) is 38.6 Å². The summed E-state index contributed by atoms with van der Waals surface area (Å²) in [6.07, 6.45) is 0. The van der Waals surface area contributed by atoms with Gasteiger partial charge in [-0.3, -0.25) is 4.79 Å². The van der Waals surface area contributed by atoms with Crippen molar-refractivity contribution in [3.63, 3.8) is 0 Å². The third-order valence-electron chi connectivity index (χ3n) is 3.48. The molecule has 1 atom stereocenters. The number of benzene rings is 2. The van der Waals surface area contributed by atoms with E-state index in [0.29, 0.717) is 22.8 Å². The predicted octanol–water partition coefficient (Wildman–Crippen LogP) is 3.39. The van der Waals surface area contributed by atoms with Crippen LogP contribution in [0.5, 0.6) is 23.0 Å². The molecule has 0 N–H and O–H groups in total. The van der Waals surface area contributed by atoms with Crippen LogP contribution >= 0.6 is 8.58 Å². The van der Waals surface area contributed by atoms with Crippen LogP contribution in [-0.2, 0) is 0 Å². The minimum atomic E-state index is -0.260. The normalized spacial score (nSPS) is 11.0. The second-order valence-corrected chi connectivity index (χ2v) is 7.88. The van der Waals surface area contributed by atoms with E-state index in [1.54, 1.807) is 19.2 Å². The first-order chi connectivity index (χ1) is 12.3. The molecule has 0 saturated carbocycles. The van der Waals surface area contributed by atoms with Gasteiger partial charge in [0, 0.05) is 12.1 Å². The van der Waals surface area contributed by atoms with E-state index in [9.17, 15) is 4.79 Å². The average Bonchev–Trinajstić information content (AvgIpc) is 2.60. The Labute approximate surface area is 174 Å². The number of carbonyl (C=O) groups is 1. The molecule has 1 unspecified atom stereocenters. The van der Waals surface area contributed by atoms with Gasteiger partial charge in [0.05, 0.1) is 21.3 Å². The Morgan fingerprint density at radius 2 is 1.37 bits per heavy atom. The number of hydrogen-bond donors (Lipinski definition) is 0. The summed E-state index contributed by atoms with van der Waals surface area (Å²) in [7, 11) is 4.54. The minimum absolute atomic E-state index is 0. The predicted molar refractivity (Wildman–Crippen MR) is 112 cm³/mol. The van der Waals surface area contributed by atoms with Gasteiger partial charge in [-0.25, -0.2) is 0 Å². The van der Waals surface area contributed by atoms with Gasteiger partial charge >= 0.3 is 18.9 Å². The van der Waals surface area contributed by atoms with Gasteiger partial charge in [0.1, 0.15) is 34.2 Å². The van der Waals surface area contributed by atoms with Crippen molar-refractivity contribution in [1.29, 1.82) is 0 Å². The van der Waals surface area contributed by atoms with Crippen LogP contribution in [-0.4, -0.2) is 51.3 Å². The quantitative estimate of drug-likeness (QED) is 0.541. The van der Waals surface area contributed by atoms with Gasteiger partial charge in [-0.05, 0) is 46.8 Å². The summed E-state index contributed by atoms with van der Waals surface area (Å²) in [6.45, 7) is 5.98. The van der Waals surface area contributed by atoms with Gasteiger partial charge in [0.25, 0.3) is 0 Å². The van der Waals surface area contributed by atoms with Gasteiger partial charge in [0.2, 0.25) is 0 Å². The first-order valence-electron chi connectivity index (χ1n) is 8.18. The molecule has 142 valence electrons. The van der Waals surface area contributed by atoms with Crippen molar-refractivity contribution in [3.05, 3.63) is 42.0 Å². The van der Waals surface area contributed by atoms with E-state index < -0.39 is 0 Å². The van der Waals surface area contributed by atoms with Crippen LogP contribution in [0.3, 0.4) is 0 Å². The van der Waals surface area contributed by atoms with E-state index in [1.807, 2.05) is 45.0 Å². The molecule has 2 aromatic rings. The van der Waals surface area contributed by atoms with E-state index >= 15 is 0 Å². The van der Waals surface area contributed by atoms with Crippen molar-refractivity contribution < 1.29 is 23.7 Å². The molecule has 0 aliphatic carbocycles. The van der Waals surface area contributed by atoms with Gasteiger partial charge in [-0.15, -0.1) is 0 Å². The Morgan fingerprint density at radius 3 is 1.78 bits per heavy atom. The second kappa shape index (κ2) is 10.0. The number of hydrogen-bond acceptors (Lipinski definition) is 5. The Morgan fingerprint density at radius 1 is 0.852 bits per heavy atom. The van der Waals surface area contributed by atoms with Crippen LogP contribution in [0.15, 0.2) is 36.4 Å². The molecule has 0 amide bonds. The number of rotatable bonds is 7. The molecular weight excluding hydrogens is 358 g/mol. The molecule has 0 spiro atoms. The van der Waals surface area contributed by atoms with Crippen LogP contribution in [0.1, 0.15) is 31.1 Å². The SMILES string of the molecule is COc1cc(OC)c(C(=O)Pc2ccc(OC(C)(C)C)cc2)c(OC)c1.[LiH]. The number of carbonyl (C=O) groups excluding carboxylic acids is 1. The van der Waals surface area contributed by atoms with Crippen LogP contribution in [0.4, 0.5) is 0 Å². The molecule has 2 rings (SSSR count). The zero-order valence-corrected chi connectivity index (χ0v) is 17.0. The summed E-state index contributed by atoms with van der Waals surface area (Å²) < 4.78 is 21.8. The summed E-state index contributed by atoms with van der Waals surface area (Å²) in [5.41, 5.74) is 0.0960. The van der Waals surface area contributed by atoms with Gasteiger partial charge in [0.15, 0.2) is 5.52 Å². The van der Waals surface area contributed by atoms with Gasteiger partial charge in [-0.2, -0.15) is 0 Å². The summed E-state index contributed by atoms with van der Waals surface area (Å²) in [5, 5.41) is 0.913. The van der Waals surface area contributed by atoms with Crippen molar-refractivity contribution in [2.45, 2.75) is 26.4 Å². The van der Waals surface area contributed by atoms with Gasteiger partial charge in [-0.1, -0.05) is 12.1 Å². The first kappa shape index (κ1) is 23.4. The molecule has 7 heteroatoms. The molecule has 0 aromatic heterocycles. The summed E-state index contributed by atoms with van der Waals surface area (Å²) in [4.78, 5) is 12.9. The standard InChI is InChI=1S/C20H25O5P.Li.H/c1-20(2,3)25-13-7-9-15(10-8-13)26-19(21)18-16(23-5)11-14(22-4)12-17(18)24-6;;/h7-12,26H,1-6H3;;. The Kier molecular flexibility index (Phi) is 8.69. The maximum atomic E-state index is 12.9. The van der Waals surface area contributed by atoms with Crippen molar-refractivity contribution in [3.8, 4) is 23.0 Å². The Bertz CT molecular complexity index is 744. The first-order valence-corrected chi connectivity index (χ1v) is 9.18. The fraction of sp³-hybridized carbons (Fsp3) is 0.350. The van der Waals surface area contributed by atoms with Crippen LogP contribution < -0.4 is 24.3 Å². The summed E-state index contributed by atoms with van der Waals surface area (Å²) in [6, 6.07) is 10.9. The van der Waals surface area contributed by atoms with E-state index in [2.05, 4.69) is 0 Å². The van der Waals surface area contributed by atoms with Crippen LogP contribution in [0, 0.1) is 0 Å². The topological polar surface area (TPSA) is 54.0 Å². The Hall–Kier alpha value is -1.66. The number of methoxy groups -OCH3 is 3. The van der Waals surface area contributed by atoms with Crippen molar-refractivity contribution in [1.82, 2.24) is 0 Å². The Balaban J connectivity index is 0.00000364. The van der Waals surface area contributed by atoms with E-state index in [0.717, 1.165) is 11.1 Å². The molecule has 0 fully saturated rings. The molecule has 0 saturated heterocycles. The molecule has 0 heterocycles. The molecule has 5 nitrogen and oxygen atoms in total. The molecule has 0 bridgehead atoms. The molecule has 0 aliphatic heterocycles. The molecule has 0 aliphatic rings. The van der Waals surface area contributed by atoms with Crippen LogP contribution in [0.2, 0.25) is 0 Å². The second-order valence-electron chi connectivity index (χ2n) is 6.60. The third kappa shape index (κ3) is 6.47. The average molecular weight is 384 g/mol. The summed E-state index contributed by atoms with van der Waals surface area (Å²) in [5.74, 6) is 2.22. The molecular formula is C20H26LiO5P. The fourth-order valence-electron chi connectivity index (χ4n) is 2.38. The van der Waals surface area contributed by atoms with Crippen molar-refractivity contribution in [2.24, 2.45) is 0 Å².